The van der Waals surface area contributed by atoms with Gasteiger partial charge in [-0.3, -0.25) is 9.59 Å². The molecule has 106 valence electrons. The molecular formula is C8H12F3NO6. The molecule has 0 radical (unpaired) electrons. The van der Waals surface area contributed by atoms with Gasteiger partial charge >= 0.3 is 12.0 Å². The molecule has 0 amide bonds. The first-order valence-electron chi connectivity index (χ1n) is 4.60. The van der Waals surface area contributed by atoms with Crippen LogP contribution in [0, 0.1) is 0 Å². The van der Waals surface area contributed by atoms with Crippen LogP contribution < -0.4 is 5.73 Å². The monoisotopic (exact) mass is 275 g/mol. The Morgan fingerprint density at radius 1 is 1.11 bits per heavy atom. The minimum atomic E-state index is -5.45. The Labute approximate surface area is 98.6 Å². The van der Waals surface area contributed by atoms with Crippen LogP contribution in [0.5, 0.6) is 0 Å². The van der Waals surface area contributed by atoms with Crippen LogP contribution in [0.15, 0.2) is 0 Å². The summed E-state index contributed by atoms with van der Waals surface area (Å²) < 4.78 is 35.7. The van der Waals surface area contributed by atoms with Crippen LogP contribution in [0.25, 0.3) is 0 Å². The molecule has 0 aliphatic carbocycles. The first kappa shape index (κ1) is 16.9. The maximum atomic E-state index is 11.9. The van der Waals surface area contributed by atoms with E-state index in [1.807, 2.05) is 0 Å². The number of carbonyl (C=O) groups excluding carboxylic acids is 2. The lowest BCUT2D eigenvalue weighted by Gasteiger charge is -2.25. The van der Waals surface area contributed by atoms with Crippen LogP contribution in [-0.2, 0) is 9.59 Å². The molecule has 0 aliphatic heterocycles. The fourth-order valence-corrected chi connectivity index (χ4v) is 0.994. The van der Waals surface area contributed by atoms with Crippen molar-refractivity contribution in [1.82, 2.24) is 0 Å². The second-order valence-electron chi connectivity index (χ2n) is 3.45. The number of Topliss-reactive ketones (excluding diaryl/α,β-unsaturated/α-hetero) is 2. The van der Waals surface area contributed by atoms with E-state index in [0.717, 1.165) is 0 Å². The van der Waals surface area contributed by atoms with E-state index >= 15 is 0 Å². The van der Waals surface area contributed by atoms with Gasteiger partial charge in [0.15, 0.2) is 0 Å². The molecule has 0 heterocycles. The molecule has 18 heavy (non-hydrogen) atoms. The zero-order chi connectivity index (χ0) is 14.7. The third-order valence-electron chi connectivity index (χ3n) is 2.08. The first-order chi connectivity index (χ1) is 8.03. The Morgan fingerprint density at radius 3 is 1.89 bits per heavy atom. The molecule has 0 aromatic carbocycles. The molecule has 0 saturated heterocycles. The summed E-state index contributed by atoms with van der Waals surface area (Å²) in [4.78, 5) is 21.5. The second kappa shape index (κ2) is 6.20. The van der Waals surface area contributed by atoms with Crippen LogP contribution in [0.4, 0.5) is 13.2 Å². The van der Waals surface area contributed by atoms with E-state index in [4.69, 9.17) is 21.1 Å². The normalized spacial score (nSPS) is 18.9. The lowest BCUT2D eigenvalue weighted by molar-refractivity contribution is -0.176. The van der Waals surface area contributed by atoms with Gasteiger partial charge in [0.05, 0.1) is 6.61 Å². The molecule has 0 aromatic heterocycles. The fourth-order valence-electron chi connectivity index (χ4n) is 0.994. The van der Waals surface area contributed by atoms with E-state index in [-0.39, 0.29) is 0 Å². The maximum absolute atomic E-state index is 11.9. The molecule has 0 aliphatic rings. The van der Waals surface area contributed by atoms with Gasteiger partial charge in [-0.15, -0.1) is 0 Å². The molecule has 0 unspecified atom stereocenters. The number of hydrogen-bond donors (Lipinski definition) is 5. The smallest absolute Gasteiger partial charge is 0.394 e. The Balaban J connectivity index is 4.80. The van der Waals surface area contributed by atoms with Crippen molar-refractivity contribution in [3.8, 4) is 0 Å². The average Bonchev–Trinajstić information content (AvgIpc) is 2.31. The van der Waals surface area contributed by atoms with E-state index in [0.29, 0.717) is 0 Å². The largest absolute Gasteiger partial charge is 0.458 e. The molecule has 0 spiro atoms. The van der Waals surface area contributed by atoms with Crippen molar-refractivity contribution in [3.05, 3.63) is 0 Å². The zero-order valence-corrected chi connectivity index (χ0v) is 8.83. The molecule has 0 rings (SSSR count). The number of rotatable bonds is 6. The summed E-state index contributed by atoms with van der Waals surface area (Å²) in [5.41, 5.74) is 4.88. The van der Waals surface area contributed by atoms with Gasteiger partial charge in [0.25, 0.3) is 0 Å². The van der Waals surface area contributed by atoms with Gasteiger partial charge in [0.2, 0.25) is 5.78 Å². The number of aliphatic hydroxyl groups excluding tert-OH is 4. The Kier molecular flexibility index (Phi) is 5.83. The van der Waals surface area contributed by atoms with Crippen LogP contribution in [0.2, 0.25) is 0 Å². The van der Waals surface area contributed by atoms with Crippen LogP contribution in [-0.4, -0.2) is 69.1 Å². The molecule has 6 N–H and O–H groups in total. The van der Waals surface area contributed by atoms with E-state index < -0.39 is 48.7 Å². The molecule has 0 bridgehead atoms. The van der Waals surface area contributed by atoms with Crippen LogP contribution >= 0.6 is 0 Å². The molecule has 10 heteroatoms. The minimum absolute atomic E-state index is 1.02. The van der Waals surface area contributed by atoms with Crippen molar-refractivity contribution in [2.75, 3.05) is 6.61 Å². The van der Waals surface area contributed by atoms with Crippen molar-refractivity contribution in [3.63, 3.8) is 0 Å². The van der Waals surface area contributed by atoms with Crippen LogP contribution in [0.3, 0.4) is 0 Å². The minimum Gasteiger partial charge on any atom is -0.394 e. The van der Waals surface area contributed by atoms with E-state index in [1.165, 1.54) is 0 Å². The zero-order valence-electron chi connectivity index (χ0n) is 8.83. The lowest BCUT2D eigenvalue weighted by Crippen LogP contribution is -2.55. The third-order valence-corrected chi connectivity index (χ3v) is 2.08. The molecule has 7 nitrogen and oxygen atoms in total. The topological polar surface area (TPSA) is 141 Å². The van der Waals surface area contributed by atoms with Crippen molar-refractivity contribution < 1.29 is 43.2 Å². The predicted molar refractivity (Wildman–Crippen MR) is 49.2 cm³/mol. The van der Waals surface area contributed by atoms with Gasteiger partial charge < -0.3 is 26.2 Å². The van der Waals surface area contributed by atoms with Crippen molar-refractivity contribution in [2.24, 2.45) is 5.73 Å². The number of alkyl halides is 3. The quantitative estimate of drug-likeness (QED) is 0.327. The molecular weight excluding hydrogens is 263 g/mol. The molecule has 0 saturated carbocycles. The molecule has 0 fully saturated rings. The summed E-state index contributed by atoms with van der Waals surface area (Å²) >= 11 is 0. The van der Waals surface area contributed by atoms with Gasteiger partial charge in [-0.1, -0.05) is 0 Å². The van der Waals surface area contributed by atoms with Crippen molar-refractivity contribution in [2.45, 2.75) is 30.5 Å². The van der Waals surface area contributed by atoms with Gasteiger partial charge in [-0.25, -0.2) is 0 Å². The number of hydrogen-bond acceptors (Lipinski definition) is 7. The summed E-state index contributed by atoms with van der Waals surface area (Å²) in [6, 6.07) is -2.37. The summed E-state index contributed by atoms with van der Waals surface area (Å²) in [7, 11) is 0. The van der Waals surface area contributed by atoms with E-state index in [2.05, 4.69) is 0 Å². The highest BCUT2D eigenvalue weighted by molar-refractivity contribution is 6.41. The summed E-state index contributed by atoms with van der Waals surface area (Å²) in [5, 5.41) is 35.6. The van der Waals surface area contributed by atoms with Gasteiger partial charge in [0, 0.05) is 0 Å². The van der Waals surface area contributed by atoms with Crippen molar-refractivity contribution >= 4 is 11.6 Å². The highest BCUT2D eigenvalue weighted by Crippen LogP contribution is 2.18. The van der Waals surface area contributed by atoms with Gasteiger partial charge in [-0.2, -0.15) is 13.2 Å². The Hall–Kier alpha value is -1.07. The van der Waals surface area contributed by atoms with Crippen molar-refractivity contribution in [1.29, 1.82) is 0 Å². The Bertz CT molecular complexity index is 320. The highest BCUT2D eigenvalue weighted by Gasteiger charge is 2.47. The summed E-state index contributed by atoms with van der Waals surface area (Å²) in [6.45, 7) is -1.02. The van der Waals surface area contributed by atoms with Crippen LogP contribution in [0.1, 0.15) is 0 Å². The predicted octanol–water partition coefficient (Wildman–Crippen LogP) is -2.91. The van der Waals surface area contributed by atoms with E-state index in [1.54, 1.807) is 0 Å². The lowest BCUT2D eigenvalue weighted by atomic mass is 9.96. The van der Waals surface area contributed by atoms with Gasteiger partial charge in [0.1, 0.15) is 24.4 Å². The first-order valence-corrected chi connectivity index (χ1v) is 4.60. The molecule has 4 atom stereocenters. The van der Waals surface area contributed by atoms with Gasteiger partial charge in [-0.05, 0) is 0 Å². The summed E-state index contributed by atoms with van der Waals surface area (Å²) in [5.74, 6) is -4.93. The number of carbonyl (C=O) groups is 2. The fraction of sp³-hybridized carbons (Fsp3) is 0.750. The number of ketones is 2. The number of aliphatic hydroxyl groups is 4. The average molecular weight is 275 g/mol. The second-order valence-corrected chi connectivity index (χ2v) is 3.45. The number of nitrogens with two attached hydrogens (primary N) is 1. The Morgan fingerprint density at radius 2 is 1.56 bits per heavy atom. The summed E-state index contributed by atoms with van der Waals surface area (Å²) in [6.07, 6.45) is -11.9. The standard InChI is InChI=1S/C8H12F3NO6/c9-8(10,11)7(18)6(17)3(12)5(16)4(15)2(14)1-13/h2-5,13-16H,1,12H2/t2-,3+,4-,5-/m1/s1. The van der Waals surface area contributed by atoms with E-state index in [9.17, 15) is 27.9 Å². The number of halogens is 3. The highest BCUT2D eigenvalue weighted by atomic mass is 19.4. The maximum Gasteiger partial charge on any atom is 0.458 e. The SMILES string of the molecule is N[C@H](C(=O)C(=O)C(F)(F)F)[C@@H](O)[C@H](O)[C@H](O)CO. The molecule has 0 aromatic rings. The third kappa shape index (κ3) is 3.99.